The molecule has 1 saturated heterocycles. The Balaban J connectivity index is 1.68. The quantitative estimate of drug-likeness (QED) is 0.610. The summed E-state index contributed by atoms with van der Waals surface area (Å²) in [5, 5.41) is 4.87. The third-order valence-corrected chi connectivity index (χ3v) is 4.11. The Morgan fingerprint density at radius 3 is 2.52 bits per heavy atom. The summed E-state index contributed by atoms with van der Waals surface area (Å²) in [6.07, 6.45) is 1.44. The van der Waals surface area contributed by atoms with Crippen LogP contribution in [0.3, 0.4) is 0 Å². The van der Waals surface area contributed by atoms with Crippen molar-refractivity contribution in [2.45, 2.75) is 57.9 Å². The van der Waals surface area contributed by atoms with Crippen molar-refractivity contribution < 1.29 is 19.1 Å². The van der Waals surface area contributed by atoms with Crippen molar-refractivity contribution in [1.29, 1.82) is 0 Å². The first kappa shape index (κ1) is 19.0. The third-order valence-electron chi connectivity index (χ3n) is 4.11. The van der Waals surface area contributed by atoms with Gasteiger partial charge >= 0.3 is 0 Å². The van der Waals surface area contributed by atoms with Gasteiger partial charge in [0.05, 0.1) is 6.61 Å². The predicted octanol–water partition coefficient (Wildman–Crippen LogP) is 2.06. The lowest BCUT2D eigenvalue weighted by Crippen LogP contribution is -2.52. The number of ether oxygens (including phenoxy) is 1. The number of imide groups is 1. The molecule has 136 valence electrons. The Hall–Kier alpha value is -2.37. The van der Waals surface area contributed by atoms with Crippen molar-refractivity contribution in [1.82, 2.24) is 10.6 Å². The third kappa shape index (κ3) is 5.89. The Morgan fingerprint density at radius 1 is 1.24 bits per heavy atom. The fourth-order valence-electron chi connectivity index (χ4n) is 2.57. The summed E-state index contributed by atoms with van der Waals surface area (Å²) < 4.78 is 5.65. The van der Waals surface area contributed by atoms with Gasteiger partial charge < -0.3 is 10.1 Å². The first-order valence-corrected chi connectivity index (χ1v) is 8.62. The Kier molecular flexibility index (Phi) is 6.17. The lowest BCUT2D eigenvalue weighted by Gasteiger charge is -2.21. The number of benzene rings is 1. The van der Waals surface area contributed by atoms with E-state index in [1.165, 1.54) is 5.56 Å². The summed E-state index contributed by atoms with van der Waals surface area (Å²) in [6.45, 7) is 6.90. The number of hydrogen-bond donors (Lipinski definition) is 2. The summed E-state index contributed by atoms with van der Waals surface area (Å²) in [6, 6.07) is 7.35. The highest BCUT2D eigenvalue weighted by Gasteiger charge is 2.27. The summed E-state index contributed by atoms with van der Waals surface area (Å²) in [7, 11) is 0. The SMILES string of the molecule is CC(C)(C)c1ccc(OCCCC(=O)NC2CCC(=O)NC2=O)cc1. The number of amides is 3. The predicted molar refractivity (Wildman–Crippen MR) is 94.2 cm³/mol. The second-order valence-corrected chi connectivity index (χ2v) is 7.30. The van der Waals surface area contributed by atoms with Crippen LogP contribution in [0.1, 0.15) is 52.0 Å². The van der Waals surface area contributed by atoms with E-state index in [1.807, 2.05) is 24.3 Å². The molecule has 25 heavy (non-hydrogen) atoms. The maximum atomic E-state index is 11.9. The lowest BCUT2D eigenvalue weighted by molar-refractivity contribution is -0.137. The van der Waals surface area contributed by atoms with Crippen LogP contribution in [0.15, 0.2) is 24.3 Å². The van der Waals surface area contributed by atoms with Crippen LogP contribution in [0.4, 0.5) is 0 Å². The standard InChI is InChI=1S/C19H26N2O4/c1-19(2,3)13-6-8-14(9-7-13)25-12-4-5-16(22)20-15-10-11-17(23)21-18(15)24/h6-9,15H,4-5,10-12H2,1-3H3,(H,20,22)(H,21,23,24). The van der Waals surface area contributed by atoms with E-state index < -0.39 is 11.9 Å². The molecule has 1 atom stereocenters. The van der Waals surface area contributed by atoms with Crippen LogP contribution < -0.4 is 15.4 Å². The molecule has 0 spiro atoms. The minimum absolute atomic E-state index is 0.104. The minimum atomic E-state index is -0.615. The van der Waals surface area contributed by atoms with Gasteiger partial charge in [0.15, 0.2) is 0 Å². The minimum Gasteiger partial charge on any atom is -0.494 e. The number of carbonyl (C=O) groups excluding carboxylic acids is 3. The van der Waals surface area contributed by atoms with Crippen LogP contribution >= 0.6 is 0 Å². The van der Waals surface area contributed by atoms with Gasteiger partial charge in [0, 0.05) is 12.8 Å². The second kappa shape index (κ2) is 8.14. The van der Waals surface area contributed by atoms with Crippen LogP contribution in [0.25, 0.3) is 0 Å². The molecule has 6 nitrogen and oxygen atoms in total. The van der Waals surface area contributed by atoms with E-state index >= 15 is 0 Å². The Bertz CT molecular complexity index is 632. The maximum absolute atomic E-state index is 11.9. The van der Waals surface area contributed by atoms with Crippen molar-refractivity contribution in [2.24, 2.45) is 0 Å². The molecular weight excluding hydrogens is 320 g/mol. The van der Waals surface area contributed by atoms with E-state index in [-0.39, 0.29) is 30.1 Å². The van der Waals surface area contributed by atoms with Crippen LogP contribution in [0.2, 0.25) is 0 Å². The van der Waals surface area contributed by atoms with Gasteiger partial charge in [-0.1, -0.05) is 32.9 Å². The summed E-state index contributed by atoms with van der Waals surface area (Å²) in [5.41, 5.74) is 1.34. The molecule has 0 saturated carbocycles. The number of carbonyl (C=O) groups is 3. The molecule has 1 aliphatic heterocycles. The van der Waals surface area contributed by atoms with Gasteiger partial charge in [-0.3, -0.25) is 19.7 Å². The van der Waals surface area contributed by atoms with Crippen molar-refractivity contribution in [2.75, 3.05) is 6.61 Å². The van der Waals surface area contributed by atoms with Crippen molar-refractivity contribution in [3.05, 3.63) is 29.8 Å². The van der Waals surface area contributed by atoms with Crippen LogP contribution in [-0.2, 0) is 19.8 Å². The molecule has 1 unspecified atom stereocenters. The molecule has 1 aromatic carbocycles. The molecule has 0 radical (unpaired) electrons. The maximum Gasteiger partial charge on any atom is 0.249 e. The largest absolute Gasteiger partial charge is 0.494 e. The topological polar surface area (TPSA) is 84.5 Å². The summed E-state index contributed by atoms with van der Waals surface area (Å²) in [5.74, 6) is -0.152. The van der Waals surface area contributed by atoms with Gasteiger partial charge in [0.25, 0.3) is 0 Å². The molecule has 0 aromatic heterocycles. The average Bonchev–Trinajstić information content (AvgIpc) is 2.54. The molecule has 2 N–H and O–H groups in total. The number of hydrogen-bond acceptors (Lipinski definition) is 4. The summed E-state index contributed by atoms with van der Waals surface area (Å²) >= 11 is 0. The first-order valence-electron chi connectivity index (χ1n) is 8.62. The van der Waals surface area contributed by atoms with Crippen LogP contribution in [0.5, 0.6) is 5.75 Å². The van der Waals surface area contributed by atoms with Gasteiger partial charge in [-0.05, 0) is 36.0 Å². The second-order valence-electron chi connectivity index (χ2n) is 7.30. The number of nitrogens with one attached hydrogen (secondary N) is 2. The van der Waals surface area contributed by atoms with E-state index in [0.29, 0.717) is 19.4 Å². The van der Waals surface area contributed by atoms with E-state index in [1.54, 1.807) is 0 Å². The van der Waals surface area contributed by atoms with E-state index in [2.05, 4.69) is 31.4 Å². The highest BCUT2D eigenvalue weighted by molar-refractivity contribution is 6.01. The van der Waals surface area contributed by atoms with Gasteiger partial charge in [0.2, 0.25) is 17.7 Å². The smallest absolute Gasteiger partial charge is 0.249 e. The zero-order valence-electron chi connectivity index (χ0n) is 15.1. The highest BCUT2D eigenvalue weighted by Crippen LogP contribution is 2.24. The van der Waals surface area contributed by atoms with Gasteiger partial charge in [0.1, 0.15) is 11.8 Å². The Labute approximate surface area is 148 Å². The van der Waals surface area contributed by atoms with Crippen molar-refractivity contribution in [3.63, 3.8) is 0 Å². The molecule has 2 rings (SSSR count). The molecular formula is C19H26N2O4. The lowest BCUT2D eigenvalue weighted by atomic mass is 9.87. The Morgan fingerprint density at radius 2 is 1.92 bits per heavy atom. The normalized spacial score (nSPS) is 17.8. The fourth-order valence-corrected chi connectivity index (χ4v) is 2.57. The molecule has 1 aromatic rings. The van der Waals surface area contributed by atoms with Gasteiger partial charge in [-0.15, -0.1) is 0 Å². The van der Waals surface area contributed by atoms with E-state index in [4.69, 9.17) is 4.74 Å². The number of piperidine rings is 1. The van der Waals surface area contributed by atoms with Crippen molar-refractivity contribution in [3.8, 4) is 5.75 Å². The van der Waals surface area contributed by atoms with Crippen LogP contribution in [-0.4, -0.2) is 30.4 Å². The molecule has 0 bridgehead atoms. The molecule has 1 aliphatic rings. The van der Waals surface area contributed by atoms with Gasteiger partial charge in [-0.2, -0.15) is 0 Å². The fraction of sp³-hybridized carbons (Fsp3) is 0.526. The highest BCUT2D eigenvalue weighted by atomic mass is 16.5. The zero-order valence-corrected chi connectivity index (χ0v) is 15.1. The number of rotatable bonds is 6. The van der Waals surface area contributed by atoms with Crippen molar-refractivity contribution >= 4 is 17.7 Å². The zero-order chi connectivity index (χ0) is 18.4. The van der Waals surface area contributed by atoms with Crippen LogP contribution in [0, 0.1) is 0 Å². The molecule has 0 aliphatic carbocycles. The average molecular weight is 346 g/mol. The first-order chi connectivity index (χ1) is 11.8. The molecule has 1 heterocycles. The monoisotopic (exact) mass is 346 g/mol. The molecule has 3 amide bonds. The molecule has 6 heteroatoms. The molecule has 1 fully saturated rings. The van der Waals surface area contributed by atoms with E-state index in [9.17, 15) is 14.4 Å². The van der Waals surface area contributed by atoms with Gasteiger partial charge in [-0.25, -0.2) is 0 Å². The summed E-state index contributed by atoms with van der Waals surface area (Å²) in [4.78, 5) is 34.5. The van der Waals surface area contributed by atoms with E-state index in [0.717, 1.165) is 5.75 Å².